The highest BCUT2D eigenvalue weighted by Gasteiger charge is 2.24. The zero-order valence-corrected chi connectivity index (χ0v) is 11.7. The summed E-state index contributed by atoms with van der Waals surface area (Å²) in [6, 6.07) is 9.72. The van der Waals surface area contributed by atoms with Crippen LogP contribution in [0.1, 0.15) is 18.7 Å². The third-order valence-corrected chi connectivity index (χ3v) is 3.77. The highest BCUT2D eigenvalue weighted by atomic mass is 16.5. The Hall–Kier alpha value is -2.43. The molecule has 2 aromatic heterocycles. The molecular weight excluding hydrogens is 266 g/mol. The first-order valence-electron chi connectivity index (χ1n) is 7.10. The maximum absolute atomic E-state index is 5.44. The second-order valence-corrected chi connectivity index (χ2v) is 5.39. The first-order chi connectivity index (χ1) is 10.3. The molecule has 5 heteroatoms. The van der Waals surface area contributed by atoms with Crippen molar-refractivity contribution >= 4 is 10.9 Å². The summed E-state index contributed by atoms with van der Waals surface area (Å²) in [6.07, 6.45) is 3.45. The number of pyridine rings is 1. The fourth-order valence-corrected chi connectivity index (χ4v) is 2.46. The number of fused-ring (bicyclic) bond motifs is 1. The van der Waals surface area contributed by atoms with Gasteiger partial charge < -0.3 is 9.26 Å². The van der Waals surface area contributed by atoms with E-state index in [-0.39, 0.29) is 0 Å². The van der Waals surface area contributed by atoms with Crippen LogP contribution in [0.4, 0.5) is 0 Å². The van der Waals surface area contributed by atoms with Gasteiger partial charge in [0.05, 0.1) is 18.2 Å². The van der Waals surface area contributed by atoms with E-state index >= 15 is 0 Å². The quantitative estimate of drug-likeness (QED) is 0.734. The molecule has 1 aliphatic rings. The number of rotatable bonds is 4. The lowest BCUT2D eigenvalue weighted by Crippen LogP contribution is -1.92. The third-order valence-electron chi connectivity index (χ3n) is 3.77. The van der Waals surface area contributed by atoms with Crippen LogP contribution in [-0.2, 0) is 6.42 Å². The number of para-hydroxylation sites is 1. The van der Waals surface area contributed by atoms with Crippen molar-refractivity contribution < 1.29 is 9.26 Å². The maximum Gasteiger partial charge on any atom is 0.258 e. The Bertz CT molecular complexity index is 793. The largest absolute Gasteiger partial charge is 0.481 e. The minimum absolute atomic E-state index is 0.530. The van der Waals surface area contributed by atoms with Gasteiger partial charge in [-0.2, -0.15) is 4.98 Å². The van der Waals surface area contributed by atoms with Gasteiger partial charge >= 0.3 is 0 Å². The van der Waals surface area contributed by atoms with Crippen molar-refractivity contribution in [2.24, 2.45) is 5.92 Å². The highest BCUT2D eigenvalue weighted by Crippen LogP contribution is 2.33. The summed E-state index contributed by atoms with van der Waals surface area (Å²) in [7, 11) is 1.60. The summed E-state index contributed by atoms with van der Waals surface area (Å²) in [5.74, 6) is 2.60. The molecule has 0 atom stereocenters. The fourth-order valence-electron chi connectivity index (χ4n) is 2.46. The number of methoxy groups -OCH3 is 1. The SMILES string of the molecule is COc1cc(-c2nc(CC3CC3)no2)c2ccccc2n1. The number of aromatic nitrogens is 3. The molecule has 21 heavy (non-hydrogen) atoms. The van der Waals surface area contributed by atoms with Gasteiger partial charge in [-0.15, -0.1) is 0 Å². The van der Waals surface area contributed by atoms with E-state index in [2.05, 4.69) is 15.1 Å². The van der Waals surface area contributed by atoms with Crippen molar-refractivity contribution in [2.45, 2.75) is 19.3 Å². The lowest BCUT2D eigenvalue weighted by atomic mass is 10.1. The van der Waals surface area contributed by atoms with Crippen molar-refractivity contribution in [2.75, 3.05) is 7.11 Å². The lowest BCUT2D eigenvalue weighted by Gasteiger charge is -2.05. The van der Waals surface area contributed by atoms with E-state index in [0.29, 0.717) is 11.8 Å². The predicted octanol–water partition coefficient (Wildman–Crippen LogP) is 3.25. The Morgan fingerprint density at radius 1 is 1.24 bits per heavy atom. The van der Waals surface area contributed by atoms with Crippen LogP contribution in [0.2, 0.25) is 0 Å². The first-order valence-corrected chi connectivity index (χ1v) is 7.10. The van der Waals surface area contributed by atoms with Crippen LogP contribution in [-0.4, -0.2) is 22.2 Å². The van der Waals surface area contributed by atoms with Crippen molar-refractivity contribution in [1.82, 2.24) is 15.1 Å². The zero-order valence-electron chi connectivity index (χ0n) is 11.7. The molecule has 4 rings (SSSR count). The van der Waals surface area contributed by atoms with Gasteiger partial charge in [0.25, 0.3) is 5.89 Å². The summed E-state index contributed by atoms with van der Waals surface area (Å²) >= 11 is 0. The predicted molar refractivity (Wildman–Crippen MR) is 78.0 cm³/mol. The van der Waals surface area contributed by atoms with Gasteiger partial charge in [-0.05, 0) is 24.8 Å². The molecule has 0 aliphatic heterocycles. The molecule has 0 amide bonds. The molecule has 0 radical (unpaired) electrons. The standard InChI is InChI=1S/C16H15N3O2/c1-20-15-9-12(11-4-2-3-5-13(11)17-15)16-18-14(19-21-16)8-10-6-7-10/h2-5,9-10H,6-8H2,1H3. The topological polar surface area (TPSA) is 61.0 Å². The summed E-state index contributed by atoms with van der Waals surface area (Å²) in [6.45, 7) is 0. The van der Waals surface area contributed by atoms with E-state index in [1.165, 1.54) is 12.8 Å². The fraction of sp³-hybridized carbons (Fsp3) is 0.312. The number of nitrogens with zero attached hydrogens (tertiary/aromatic N) is 3. The molecule has 3 aromatic rings. The average Bonchev–Trinajstić information content (AvgIpc) is 3.21. The minimum Gasteiger partial charge on any atom is -0.481 e. The Labute approximate surface area is 122 Å². The van der Waals surface area contributed by atoms with Crippen molar-refractivity contribution in [1.29, 1.82) is 0 Å². The molecule has 106 valence electrons. The van der Waals surface area contributed by atoms with E-state index in [1.807, 2.05) is 30.3 Å². The monoisotopic (exact) mass is 281 g/mol. The molecule has 1 saturated carbocycles. The van der Waals surface area contributed by atoms with Gasteiger partial charge in [0.2, 0.25) is 5.88 Å². The summed E-state index contributed by atoms with van der Waals surface area (Å²) in [4.78, 5) is 8.96. The van der Waals surface area contributed by atoms with Crippen molar-refractivity contribution in [3.63, 3.8) is 0 Å². The number of hydrogen-bond donors (Lipinski definition) is 0. The van der Waals surface area contributed by atoms with Gasteiger partial charge in [0, 0.05) is 17.9 Å². The molecule has 1 fully saturated rings. The molecule has 0 bridgehead atoms. The molecule has 1 aromatic carbocycles. The third kappa shape index (κ3) is 2.35. The van der Waals surface area contributed by atoms with Gasteiger partial charge in [0.15, 0.2) is 5.82 Å². The molecule has 0 unspecified atom stereocenters. The average molecular weight is 281 g/mol. The van der Waals surface area contributed by atoms with Crippen LogP contribution in [0.5, 0.6) is 5.88 Å². The van der Waals surface area contributed by atoms with E-state index in [9.17, 15) is 0 Å². The van der Waals surface area contributed by atoms with E-state index < -0.39 is 0 Å². The van der Waals surface area contributed by atoms with E-state index in [1.54, 1.807) is 7.11 Å². The smallest absolute Gasteiger partial charge is 0.258 e. The van der Waals surface area contributed by atoms with Crippen LogP contribution in [0.15, 0.2) is 34.9 Å². The van der Waals surface area contributed by atoms with Crippen LogP contribution in [0, 0.1) is 5.92 Å². The van der Waals surface area contributed by atoms with Crippen LogP contribution >= 0.6 is 0 Å². The number of ether oxygens (including phenoxy) is 1. The second-order valence-electron chi connectivity index (χ2n) is 5.39. The Morgan fingerprint density at radius 2 is 2.10 bits per heavy atom. The minimum atomic E-state index is 0.530. The summed E-state index contributed by atoms with van der Waals surface area (Å²) in [5, 5.41) is 5.07. The van der Waals surface area contributed by atoms with E-state index in [0.717, 1.165) is 34.6 Å². The van der Waals surface area contributed by atoms with Gasteiger partial charge in [-0.3, -0.25) is 0 Å². The summed E-state index contributed by atoms with van der Waals surface area (Å²) in [5.41, 5.74) is 1.72. The normalized spacial score (nSPS) is 14.5. The molecule has 0 spiro atoms. The Kier molecular flexibility index (Phi) is 2.84. The molecule has 5 nitrogen and oxygen atoms in total. The Morgan fingerprint density at radius 3 is 2.90 bits per heavy atom. The van der Waals surface area contributed by atoms with E-state index in [4.69, 9.17) is 9.26 Å². The molecule has 1 aliphatic carbocycles. The lowest BCUT2D eigenvalue weighted by molar-refractivity contribution is 0.398. The van der Waals surface area contributed by atoms with Gasteiger partial charge in [0.1, 0.15) is 0 Å². The second kappa shape index (κ2) is 4.84. The molecular formula is C16H15N3O2. The molecule has 0 saturated heterocycles. The highest BCUT2D eigenvalue weighted by molar-refractivity contribution is 5.92. The van der Waals surface area contributed by atoms with Crippen molar-refractivity contribution in [3.05, 3.63) is 36.2 Å². The Balaban J connectivity index is 1.81. The van der Waals surface area contributed by atoms with Crippen LogP contribution in [0.3, 0.4) is 0 Å². The maximum atomic E-state index is 5.44. The first kappa shape index (κ1) is 12.3. The number of benzene rings is 1. The molecule has 2 heterocycles. The molecule has 0 N–H and O–H groups in total. The zero-order chi connectivity index (χ0) is 14.2. The summed E-state index contributed by atoms with van der Waals surface area (Å²) < 4.78 is 10.7. The number of hydrogen-bond acceptors (Lipinski definition) is 5. The van der Waals surface area contributed by atoms with Crippen molar-refractivity contribution in [3.8, 4) is 17.3 Å². The van der Waals surface area contributed by atoms with Gasteiger partial charge in [-0.1, -0.05) is 23.4 Å². The van der Waals surface area contributed by atoms with Gasteiger partial charge in [-0.25, -0.2) is 4.98 Å². The van der Waals surface area contributed by atoms with Crippen LogP contribution < -0.4 is 4.74 Å². The van der Waals surface area contributed by atoms with Crippen LogP contribution in [0.25, 0.3) is 22.4 Å².